The maximum atomic E-state index is 12.8. The van der Waals surface area contributed by atoms with Crippen LogP contribution in [-0.2, 0) is 7.05 Å². The SMILES string of the molecule is Cn1c(N=Cc2ccc(NC(=O)c3ccc4c(c3)C(=O)NC4=O)cc2)ccc1NC(=O)c1ccc2c(c1)C(=O)NC2=O. The molecular formula is C30H20N6O6. The van der Waals surface area contributed by atoms with E-state index in [4.69, 9.17) is 0 Å². The lowest BCUT2D eigenvalue weighted by molar-refractivity contribution is 0.0863. The minimum atomic E-state index is -0.538. The van der Waals surface area contributed by atoms with Gasteiger partial charge in [-0.1, -0.05) is 12.1 Å². The molecule has 0 fully saturated rings. The molecule has 4 aromatic rings. The number of benzene rings is 3. The van der Waals surface area contributed by atoms with Gasteiger partial charge in [-0.2, -0.15) is 0 Å². The van der Waals surface area contributed by atoms with Crippen molar-refractivity contribution in [2.75, 3.05) is 10.6 Å². The number of rotatable bonds is 6. The molecule has 0 spiro atoms. The number of nitrogens with zero attached hydrogens (tertiary/aromatic N) is 2. The minimum Gasteiger partial charge on any atom is -0.322 e. The summed E-state index contributed by atoms with van der Waals surface area (Å²) in [6.07, 6.45) is 1.62. The number of aromatic nitrogens is 1. The molecule has 6 rings (SSSR count). The normalized spacial score (nSPS) is 13.5. The van der Waals surface area contributed by atoms with E-state index < -0.39 is 35.4 Å². The number of imide groups is 2. The Labute approximate surface area is 237 Å². The summed E-state index contributed by atoms with van der Waals surface area (Å²) in [5.74, 6) is -1.89. The number of nitrogens with one attached hydrogen (secondary N) is 4. The number of aliphatic imine (C=N–C) groups is 1. The summed E-state index contributed by atoms with van der Waals surface area (Å²) in [5.41, 5.74) is 2.54. The van der Waals surface area contributed by atoms with Gasteiger partial charge < -0.3 is 15.2 Å². The third-order valence-electron chi connectivity index (χ3n) is 6.85. The number of hydrogen-bond acceptors (Lipinski definition) is 7. The monoisotopic (exact) mass is 560 g/mol. The van der Waals surface area contributed by atoms with Crippen LogP contribution in [0.4, 0.5) is 17.3 Å². The second-order valence-electron chi connectivity index (χ2n) is 9.51. The first-order valence-electron chi connectivity index (χ1n) is 12.6. The van der Waals surface area contributed by atoms with Crippen molar-refractivity contribution in [3.8, 4) is 0 Å². The van der Waals surface area contributed by atoms with Gasteiger partial charge in [0.25, 0.3) is 35.4 Å². The Morgan fingerprint density at radius 2 is 1.19 bits per heavy atom. The summed E-state index contributed by atoms with van der Waals surface area (Å²) in [5, 5.41) is 9.92. The molecular weight excluding hydrogens is 540 g/mol. The highest BCUT2D eigenvalue weighted by molar-refractivity contribution is 6.23. The van der Waals surface area contributed by atoms with E-state index in [9.17, 15) is 28.8 Å². The van der Waals surface area contributed by atoms with E-state index in [0.29, 0.717) is 17.3 Å². The van der Waals surface area contributed by atoms with Crippen molar-refractivity contribution < 1.29 is 28.8 Å². The highest BCUT2D eigenvalue weighted by Crippen LogP contribution is 2.23. The molecule has 2 aliphatic rings. The fraction of sp³-hybridized carbons (Fsp3) is 0.0333. The number of carbonyl (C=O) groups is 6. The van der Waals surface area contributed by atoms with Crippen molar-refractivity contribution in [1.29, 1.82) is 0 Å². The quantitative estimate of drug-likeness (QED) is 0.209. The van der Waals surface area contributed by atoms with Crippen LogP contribution in [0, 0.1) is 0 Å². The van der Waals surface area contributed by atoms with E-state index in [1.54, 1.807) is 54.2 Å². The standard InChI is InChI=1S/C30H20N6O6/c1-36-23(10-11-24(36)33-26(38)17-5-9-20-22(13-17)30(42)35-28(20)40)31-14-15-2-6-18(7-3-15)32-25(37)16-4-8-19-21(12-16)29(41)34-27(19)39/h2-14H,1H3,(H,32,37)(H,33,38)(H,34,39,41)(H,35,40,42). The fourth-order valence-corrected chi connectivity index (χ4v) is 4.56. The van der Waals surface area contributed by atoms with Gasteiger partial charge in [0.05, 0.1) is 22.3 Å². The third kappa shape index (κ3) is 4.73. The topological polar surface area (TPSA) is 168 Å². The van der Waals surface area contributed by atoms with Gasteiger partial charge in [0.1, 0.15) is 11.6 Å². The third-order valence-corrected chi connectivity index (χ3v) is 6.85. The van der Waals surface area contributed by atoms with Crippen molar-refractivity contribution in [1.82, 2.24) is 15.2 Å². The summed E-state index contributed by atoms with van der Waals surface area (Å²) in [4.78, 5) is 77.1. The largest absolute Gasteiger partial charge is 0.322 e. The number of amides is 6. The van der Waals surface area contributed by atoms with Crippen LogP contribution in [0.1, 0.15) is 67.7 Å². The van der Waals surface area contributed by atoms with Crippen LogP contribution in [0.2, 0.25) is 0 Å². The molecule has 2 aliphatic heterocycles. The molecule has 0 saturated heterocycles. The first-order valence-corrected chi connectivity index (χ1v) is 12.6. The highest BCUT2D eigenvalue weighted by atomic mass is 16.2. The Hall–Kier alpha value is -6.17. The molecule has 206 valence electrons. The Kier molecular flexibility index (Phi) is 6.27. The number of hydrogen-bond donors (Lipinski definition) is 4. The molecule has 0 bridgehead atoms. The summed E-state index contributed by atoms with van der Waals surface area (Å²) >= 11 is 0. The van der Waals surface area contributed by atoms with Crippen LogP contribution < -0.4 is 21.3 Å². The molecule has 12 heteroatoms. The summed E-state index contributed by atoms with van der Waals surface area (Å²) in [6.45, 7) is 0. The smallest absolute Gasteiger partial charge is 0.258 e. The van der Waals surface area contributed by atoms with Crippen LogP contribution in [0.15, 0.2) is 77.8 Å². The van der Waals surface area contributed by atoms with E-state index in [1.165, 1.54) is 36.4 Å². The predicted molar refractivity (Wildman–Crippen MR) is 151 cm³/mol. The van der Waals surface area contributed by atoms with E-state index >= 15 is 0 Å². The first kappa shape index (κ1) is 26.1. The van der Waals surface area contributed by atoms with Gasteiger partial charge in [-0.3, -0.25) is 39.4 Å². The van der Waals surface area contributed by atoms with Gasteiger partial charge in [0, 0.05) is 30.1 Å². The van der Waals surface area contributed by atoms with Crippen LogP contribution in [0.5, 0.6) is 0 Å². The van der Waals surface area contributed by atoms with Gasteiger partial charge in [-0.15, -0.1) is 0 Å². The van der Waals surface area contributed by atoms with Gasteiger partial charge in [-0.25, -0.2) is 4.99 Å². The van der Waals surface area contributed by atoms with Gasteiger partial charge in [0.2, 0.25) is 0 Å². The second kappa shape index (κ2) is 10.1. The average molecular weight is 561 g/mol. The zero-order valence-corrected chi connectivity index (χ0v) is 21.8. The Balaban J connectivity index is 1.09. The molecule has 0 atom stereocenters. The van der Waals surface area contributed by atoms with Gasteiger partial charge >= 0.3 is 0 Å². The molecule has 6 amide bonds. The fourth-order valence-electron chi connectivity index (χ4n) is 4.56. The Morgan fingerprint density at radius 3 is 1.76 bits per heavy atom. The highest BCUT2D eigenvalue weighted by Gasteiger charge is 2.28. The van der Waals surface area contributed by atoms with Crippen LogP contribution in [-0.4, -0.2) is 46.2 Å². The lowest BCUT2D eigenvalue weighted by Gasteiger charge is -2.08. The van der Waals surface area contributed by atoms with Crippen molar-refractivity contribution in [2.45, 2.75) is 0 Å². The number of carbonyl (C=O) groups excluding carboxylic acids is 6. The average Bonchev–Trinajstić information content (AvgIpc) is 3.59. The van der Waals surface area contributed by atoms with Crippen LogP contribution in [0.3, 0.4) is 0 Å². The van der Waals surface area contributed by atoms with Crippen molar-refractivity contribution >= 4 is 59.0 Å². The lowest BCUT2D eigenvalue weighted by Crippen LogP contribution is -2.20. The maximum absolute atomic E-state index is 12.8. The van der Waals surface area contributed by atoms with Crippen LogP contribution in [0.25, 0.3) is 0 Å². The lowest BCUT2D eigenvalue weighted by atomic mass is 10.1. The van der Waals surface area contributed by atoms with Gasteiger partial charge in [0.15, 0.2) is 0 Å². The number of anilines is 2. The summed E-state index contributed by atoms with van der Waals surface area (Å²) in [6, 6.07) is 18.9. The molecule has 12 nitrogen and oxygen atoms in total. The maximum Gasteiger partial charge on any atom is 0.258 e. The molecule has 0 saturated carbocycles. The predicted octanol–water partition coefficient (Wildman–Crippen LogP) is 3.05. The Bertz CT molecular complexity index is 1900. The van der Waals surface area contributed by atoms with Crippen molar-refractivity contribution in [3.05, 3.63) is 112 Å². The molecule has 3 heterocycles. The van der Waals surface area contributed by atoms with E-state index in [0.717, 1.165) is 5.56 Å². The molecule has 3 aromatic carbocycles. The Morgan fingerprint density at radius 1 is 0.667 bits per heavy atom. The zero-order chi connectivity index (χ0) is 29.5. The molecule has 0 unspecified atom stereocenters. The minimum absolute atomic E-state index is 0.158. The molecule has 1 aromatic heterocycles. The molecule has 4 N–H and O–H groups in total. The van der Waals surface area contributed by atoms with Gasteiger partial charge in [-0.05, 0) is 66.2 Å². The number of fused-ring (bicyclic) bond motifs is 2. The molecule has 0 aliphatic carbocycles. The zero-order valence-electron chi connectivity index (χ0n) is 21.8. The molecule has 0 radical (unpaired) electrons. The summed E-state index contributed by atoms with van der Waals surface area (Å²) in [7, 11) is 1.73. The van der Waals surface area contributed by atoms with E-state index in [-0.39, 0.29) is 33.4 Å². The summed E-state index contributed by atoms with van der Waals surface area (Å²) < 4.78 is 1.68. The van der Waals surface area contributed by atoms with Crippen molar-refractivity contribution in [2.24, 2.45) is 12.0 Å². The van der Waals surface area contributed by atoms with E-state index in [1.807, 2.05) is 0 Å². The first-order chi connectivity index (χ1) is 20.2. The second-order valence-corrected chi connectivity index (χ2v) is 9.51. The molecule has 42 heavy (non-hydrogen) atoms. The van der Waals surface area contributed by atoms with E-state index in [2.05, 4.69) is 26.3 Å². The van der Waals surface area contributed by atoms with Crippen molar-refractivity contribution in [3.63, 3.8) is 0 Å². The van der Waals surface area contributed by atoms with Crippen LogP contribution >= 0.6 is 0 Å².